The Labute approximate surface area is 148 Å². The van der Waals surface area contributed by atoms with Gasteiger partial charge in [0, 0.05) is 19.5 Å². The minimum Gasteiger partial charge on any atom is -0.346 e. The van der Waals surface area contributed by atoms with Crippen LogP contribution in [0.25, 0.3) is 0 Å². The van der Waals surface area contributed by atoms with Crippen molar-refractivity contribution in [1.82, 2.24) is 9.80 Å². The third-order valence-corrected chi connectivity index (χ3v) is 6.40. The zero-order valence-corrected chi connectivity index (χ0v) is 14.7. The molecule has 2 atom stereocenters. The van der Waals surface area contributed by atoms with E-state index in [4.69, 9.17) is 9.47 Å². The van der Waals surface area contributed by atoms with Gasteiger partial charge in [0.2, 0.25) is 5.91 Å². The predicted octanol–water partition coefficient (Wildman–Crippen LogP) is 2.11. The summed E-state index contributed by atoms with van der Waals surface area (Å²) in [6.07, 6.45) is 5.20. The first kappa shape index (κ1) is 15.8. The number of amides is 1. The summed E-state index contributed by atoms with van der Waals surface area (Å²) >= 11 is 0. The second-order valence-corrected chi connectivity index (χ2v) is 7.77. The highest BCUT2D eigenvalue weighted by Gasteiger charge is 2.49. The standard InChI is InChI=1S/C20H26N2O3/c23-19-18(21-11-9-20(14-21)24-12-13-25-20)8-10-22(19)17-7-3-5-15-4-1-2-6-16(15)17/h1-2,4,6,17-18H,3,5,7-14H2. The van der Waals surface area contributed by atoms with Crippen LogP contribution < -0.4 is 0 Å². The zero-order chi connectivity index (χ0) is 16.9. The van der Waals surface area contributed by atoms with Crippen molar-refractivity contribution in [2.75, 3.05) is 32.8 Å². The third-order valence-electron chi connectivity index (χ3n) is 6.40. The number of fused-ring (bicyclic) bond motifs is 1. The lowest BCUT2D eigenvalue weighted by atomic mass is 9.87. The van der Waals surface area contributed by atoms with Gasteiger partial charge in [-0.3, -0.25) is 9.69 Å². The molecule has 4 aliphatic rings. The molecule has 1 aliphatic carbocycles. The molecule has 0 N–H and O–H groups in total. The van der Waals surface area contributed by atoms with Gasteiger partial charge in [-0.1, -0.05) is 24.3 Å². The van der Waals surface area contributed by atoms with Gasteiger partial charge in [0.15, 0.2) is 5.79 Å². The van der Waals surface area contributed by atoms with Crippen LogP contribution >= 0.6 is 0 Å². The number of benzene rings is 1. The molecule has 1 aromatic carbocycles. The molecule has 3 aliphatic heterocycles. The van der Waals surface area contributed by atoms with E-state index in [1.165, 1.54) is 17.5 Å². The summed E-state index contributed by atoms with van der Waals surface area (Å²) in [5, 5.41) is 0. The molecular formula is C20H26N2O3. The van der Waals surface area contributed by atoms with Gasteiger partial charge >= 0.3 is 0 Å². The molecule has 0 saturated carbocycles. The molecule has 5 nitrogen and oxygen atoms in total. The number of aryl methyl sites for hydroxylation is 1. The summed E-state index contributed by atoms with van der Waals surface area (Å²) < 4.78 is 11.7. The zero-order valence-electron chi connectivity index (χ0n) is 14.7. The molecule has 2 unspecified atom stereocenters. The molecule has 3 fully saturated rings. The van der Waals surface area contributed by atoms with Crippen LogP contribution in [0.5, 0.6) is 0 Å². The first-order valence-electron chi connectivity index (χ1n) is 9.66. The molecule has 5 heteroatoms. The van der Waals surface area contributed by atoms with Gasteiger partial charge in [0.1, 0.15) is 0 Å². The Morgan fingerprint density at radius 1 is 1.04 bits per heavy atom. The summed E-state index contributed by atoms with van der Waals surface area (Å²) in [4.78, 5) is 17.6. The van der Waals surface area contributed by atoms with Crippen LogP contribution in [0.3, 0.4) is 0 Å². The Morgan fingerprint density at radius 3 is 2.76 bits per heavy atom. The number of likely N-dealkylation sites (tertiary alicyclic amines) is 2. The average Bonchev–Trinajstić information content (AvgIpc) is 3.36. The number of ether oxygens (including phenoxy) is 2. The molecule has 1 spiro atoms. The quantitative estimate of drug-likeness (QED) is 0.826. The van der Waals surface area contributed by atoms with Crippen molar-refractivity contribution < 1.29 is 14.3 Å². The number of carbonyl (C=O) groups is 1. The SMILES string of the molecule is O=C1C(N2CCC3(C2)OCCO3)CCN1C1CCCc2ccccc21. The second-order valence-electron chi connectivity index (χ2n) is 7.77. The minimum absolute atomic E-state index is 0.00117. The topological polar surface area (TPSA) is 42.0 Å². The maximum atomic E-state index is 13.2. The number of rotatable bonds is 2. The Bertz CT molecular complexity index is 671. The van der Waals surface area contributed by atoms with Crippen molar-refractivity contribution in [3.05, 3.63) is 35.4 Å². The number of hydrogen-bond acceptors (Lipinski definition) is 4. The van der Waals surface area contributed by atoms with E-state index in [2.05, 4.69) is 34.1 Å². The van der Waals surface area contributed by atoms with E-state index in [9.17, 15) is 4.79 Å². The molecular weight excluding hydrogens is 316 g/mol. The van der Waals surface area contributed by atoms with Crippen molar-refractivity contribution in [3.8, 4) is 0 Å². The first-order valence-corrected chi connectivity index (χ1v) is 9.66. The molecule has 0 aromatic heterocycles. The summed E-state index contributed by atoms with van der Waals surface area (Å²) in [6, 6.07) is 8.91. The molecule has 0 bridgehead atoms. The fraction of sp³-hybridized carbons (Fsp3) is 0.650. The van der Waals surface area contributed by atoms with Gasteiger partial charge in [-0.25, -0.2) is 0 Å². The lowest BCUT2D eigenvalue weighted by molar-refractivity contribution is -0.149. The molecule has 1 aromatic rings. The van der Waals surface area contributed by atoms with E-state index < -0.39 is 5.79 Å². The van der Waals surface area contributed by atoms with E-state index in [-0.39, 0.29) is 12.1 Å². The average molecular weight is 342 g/mol. The van der Waals surface area contributed by atoms with Crippen molar-refractivity contribution in [3.63, 3.8) is 0 Å². The van der Waals surface area contributed by atoms with Crippen LogP contribution in [-0.2, 0) is 20.7 Å². The molecule has 25 heavy (non-hydrogen) atoms. The van der Waals surface area contributed by atoms with Crippen LogP contribution in [0, 0.1) is 0 Å². The first-order chi connectivity index (χ1) is 12.3. The largest absolute Gasteiger partial charge is 0.346 e. The smallest absolute Gasteiger partial charge is 0.240 e. The van der Waals surface area contributed by atoms with Crippen LogP contribution in [0.15, 0.2) is 24.3 Å². The summed E-state index contributed by atoms with van der Waals surface area (Å²) in [7, 11) is 0. The number of carbonyl (C=O) groups excluding carboxylic acids is 1. The van der Waals surface area contributed by atoms with Gasteiger partial charge in [-0.15, -0.1) is 0 Å². The van der Waals surface area contributed by atoms with E-state index in [1.54, 1.807) is 0 Å². The molecule has 3 heterocycles. The maximum Gasteiger partial charge on any atom is 0.240 e. The van der Waals surface area contributed by atoms with Crippen LogP contribution in [0.4, 0.5) is 0 Å². The lowest BCUT2D eigenvalue weighted by Gasteiger charge is -2.34. The van der Waals surface area contributed by atoms with E-state index in [0.29, 0.717) is 19.1 Å². The second kappa shape index (κ2) is 6.08. The highest BCUT2D eigenvalue weighted by molar-refractivity contribution is 5.84. The van der Waals surface area contributed by atoms with Crippen molar-refractivity contribution in [1.29, 1.82) is 0 Å². The van der Waals surface area contributed by atoms with Gasteiger partial charge in [0.05, 0.1) is 31.8 Å². The minimum atomic E-state index is -0.439. The highest BCUT2D eigenvalue weighted by atomic mass is 16.7. The van der Waals surface area contributed by atoms with Crippen molar-refractivity contribution >= 4 is 5.91 Å². The Balaban J connectivity index is 1.33. The summed E-state index contributed by atoms with van der Waals surface area (Å²) in [6.45, 7) is 3.85. The summed E-state index contributed by atoms with van der Waals surface area (Å²) in [5.74, 6) is -0.137. The number of nitrogens with zero attached hydrogens (tertiary/aromatic N) is 2. The van der Waals surface area contributed by atoms with Gasteiger partial charge in [-0.05, 0) is 36.8 Å². The van der Waals surface area contributed by atoms with Crippen molar-refractivity contribution in [2.24, 2.45) is 0 Å². The summed E-state index contributed by atoms with van der Waals surface area (Å²) in [5.41, 5.74) is 2.78. The molecule has 134 valence electrons. The molecule has 5 rings (SSSR count). The van der Waals surface area contributed by atoms with E-state index in [1.807, 2.05) is 0 Å². The van der Waals surface area contributed by atoms with Crippen molar-refractivity contribution in [2.45, 2.75) is 50.0 Å². The number of hydrogen-bond donors (Lipinski definition) is 0. The van der Waals surface area contributed by atoms with E-state index >= 15 is 0 Å². The molecule has 1 amide bonds. The Morgan fingerprint density at radius 2 is 1.88 bits per heavy atom. The van der Waals surface area contributed by atoms with E-state index in [0.717, 1.165) is 45.3 Å². The maximum absolute atomic E-state index is 13.2. The van der Waals surface area contributed by atoms with Crippen LogP contribution in [0.1, 0.15) is 42.9 Å². The normalized spacial score (nSPS) is 31.8. The van der Waals surface area contributed by atoms with Crippen LogP contribution in [0.2, 0.25) is 0 Å². The fourth-order valence-corrected chi connectivity index (χ4v) is 5.17. The predicted molar refractivity (Wildman–Crippen MR) is 93.1 cm³/mol. The van der Waals surface area contributed by atoms with Crippen LogP contribution in [-0.4, -0.2) is 60.4 Å². The third kappa shape index (κ3) is 2.60. The highest BCUT2D eigenvalue weighted by Crippen LogP contribution is 2.39. The monoisotopic (exact) mass is 342 g/mol. The van der Waals surface area contributed by atoms with Gasteiger partial charge in [0.25, 0.3) is 0 Å². The Hall–Kier alpha value is -1.43. The lowest BCUT2D eigenvalue weighted by Crippen LogP contribution is -2.44. The Kier molecular flexibility index (Phi) is 3.84. The molecule has 0 radical (unpaired) electrons. The fourth-order valence-electron chi connectivity index (χ4n) is 5.17. The van der Waals surface area contributed by atoms with Gasteiger partial charge in [-0.2, -0.15) is 0 Å². The van der Waals surface area contributed by atoms with Gasteiger partial charge < -0.3 is 14.4 Å². The molecule has 3 saturated heterocycles.